The first kappa shape index (κ1) is 21.0. The van der Waals surface area contributed by atoms with Crippen LogP contribution in [0.15, 0.2) is 36.5 Å². The van der Waals surface area contributed by atoms with Crippen molar-refractivity contribution in [2.24, 2.45) is 0 Å². The van der Waals surface area contributed by atoms with Gasteiger partial charge in [-0.3, -0.25) is 9.20 Å². The summed E-state index contributed by atoms with van der Waals surface area (Å²) < 4.78 is 79.8. The van der Waals surface area contributed by atoms with Crippen LogP contribution in [0, 0.1) is 0 Å². The van der Waals surface area contributed by atoms with Gasteiger partial charge in [-0.25, -0.2) is 4.98 Å². The van der Waals surface area contributed by atoms with E-state index in [9.17, 15) is 31.1 Å². The Morgan fingerprint density at radius 2 is 1.79 bits per heavy atom. The Balaban J connectivity index is 2.10. The maximum atomic E-state index is 13.3. The molecule has 0 fully saturated rings. The number of halogens is 7. The Morgan fingerprint density at radius 1 is 1.10 bits per heavy atom. The number of fused-ring (bicyclic) bond motifs is 1. The molecule has 0 spiro atoms. The van der Waals surface area contributed by atoms with Crippen molar-refractivity contribution in [1.82, 2.24) is 9.38 Å². The number of nitrogens with one attached hydrogen (secondary N) is 1. The van der Waals surface area contributed by atoms with Crippen LogP contribution in [-0.2, 0) is 18.8 Å². The Labute approximate surface area is 165 Å². The molecular formula is C18H12ClF6N3O. The molecule has 0 aliphatic heterocycles. The Kier molecular flexibility index (Phi) is 5.24. The van der Waals surface area contributed by atoms with Gasteiger partial charge in [-0.05, 0) is 36.8 Å². The maximum Gasteiger partial charge on any atom is 0.418 e. The lowest BCUT2D eigenvalue weighted by Crippen LogP contribution is -2.19. The third kappa shape index (κ3) is 4.16. The summed E-state index contributed by atoms with van der Waals surface area (Å²) in [5.74, 6) is -1.03. The number of hydrogen-bond acceptors (Lipinski definition) is 2. The third-order valence-corrected chi connectivity index (χ3v) is 4.34. The van der Waals surface area contributed by atoms with E-state index in [0.29, 0.717) is 12.3 Å². The molecule has 154 valence electrons. The molecule has 0 bridgehead atoms. The van der Waals surface area contributed by atoms with Crippen LogP contribution >= 0.6 is 11.6 Å². The molecule has 1 aromatic carbocycles. The van der Waals surface area contributed by atoms with E-state index in [4.69, 9.17) is 11.6 Å². The smallest absolute Gasteiger partial charge is 0.320 e. The van der Waals surface area contributed by atoms with Gasteiger partial charge in [0.2, 0.25) is 0 Å². The number of rotatable bonds is 3. The molecule has 0 unspecified atom stereocenters. The van der Waals surface area contributed by atoms with E-state index in [-0.39, 0.29) is 28.5 Å². The van der Waals surface area contributed by atoms with Crippen molar-refractivity contribution in [3.05, 3.63) is 64.1 Å². The molecule has 0 aliphatic carbocycles. The quantitative estimate of drug-likeness (QED) is 0.525. The van der Waals surface area contributed by atoms with Crippen LogP contribution in [0.1, 0.15) is 34.2 Å². The normalized spacial score (nSPS) is 12.4. The molecule has 2 aromatic heterocycles. The van der Waals surface area contributed by atoms with Gasteiger partial charge in [-0.2, -0.15) is 26.3 Å². The summed E-state index contributed by atoms with van der Waals surface area (Å²) >= 11 is 5.61. The first-order chi connectivity index (χ1) is 13.4. The van der Waals surface area contributed by atoms with Gasteiger partial charge in [0.25, 0.3) is 5.91 Å². The number of carbonyl (C=O) groups is 1. The van der Waals surface area contributed by atoms with Crippen molar-refractivity contribution in [2.75, 3.05) is 5.32 Å². The van der Waals surface area contributed by atoms with E-state index < -0.39 is 35.1 Å². The second-order valence-electron chi connectivity index (χ2n) is 6.05. The highest BCUT2D eigenvalue weighted by Gasteiger charge is 2.35. The van der Waals surface area contributed by atoms with Crippen molar-refractivity contribution < 1.29 is 31.1 Å². The van der Waals surface area contributed by atoms with Crippen LogP contribution < -0.4 is 5.32 Å². The largest absolute Gasteiger partial charge is 0.418 e. The number of alkyl halides is 6. The summed E-state index contributed by atoms with van der Waals surface area (Å²) in [7, 11) is 0. The SMILES string of the molecule is CCc1nc2ccc(C(F)(F)F)cn2c1C(=O)Nc1ccc(Cl)cc1C(F)(F)F. The van der Waals surface area contributed by atoms with E-state index >= 15 is 0 Å². The summed E-state index contributed by atoms with van der Waals surface area (Å²) in [6.07, 6.45) is -8.61. The molecule has 0 aliphatic rings. The molecule has 2 heterocycles. The van der Waals surface area contributed by atoms with Crippen LogP contribution in [0.25, 0.3) is 5.65 Å². The van der Waals surface area contributed by atoms with E-state index in [0.717, 1.165) is 28.7 Å². The molecule has 4 nitrogen and oxygen atoms in total. The molecule has 3 aromatic rings. The van der Waals surface area contributed by atoms with Crippen molar-refractivity contribution in [3.8, 4) is 0 Å². The summed E-state index contributed by atoms with van der Waals surface area (Å²) in [5.41, 5.74) is -2.85. The third-order valence-electron chi connectivity index (χ3n) is 4.10. The van der Waals surface area contributed by atoms with Crippen LogP contribution in [0.2, 0.25) is 5.02 Å². The lowest BCUT2D eigenvalue weighted by molar-refractivity contribution is -0.138. The van der Waals surface area contributed by atoms with Crippen molar-refractivity contribution >= 4 is 28.8 Å². The van der Waals surface area contributed by atoms with Crippen molar-refractivity contribution in [3.63, 3.8) is 0 Å². The van der Waals surface area contributed by atoms with Gasteiger partial charge < -0.3 is 5.32 Å². The minimum Gasteiger partial charge on any atom is -0.320 e. The van der Waals surface area contributed by atoms with Crippen molar-refractivity contribution in [1.29, 1.82) is 0 Å². The average molecular weight is 436 g/mol. The highest BCUT2D eigenvalue weighted by Crippen LogP contribution is 2.37. The van der Waals surface area contributed by atoms with Crippen molar-refractivity contribution in [2.45, 2.75) is 25.7 Å². The van der Waals surface area contributed by atoms with E-state index in [1.807, 2.05) is 0 Å². The zero-order chi connectivity index (χ0) is 21.6. The van der Waals surface area contributed by atoms with Gasteiger partial charge in [0.05, 0.1) is 22.5 Å². The Morgan fingerprint density at radius 3 is 2.38 bits per heavy atom. The lowest BCUT2D eigenvalue weighted by Gasteiger charge is -2.15. The summed E-state index contributed by atoms with van der Waals surface area (Å²) in [4.78, 5) is 16.8. The van der Waals surface area contributed by atoms with E-state index in [1.165, 1.54) is 0 Å². The van der Waals surface area contributed by atoms with Gasteiger partial charge in [-0.1, -0.05) is 18.5 Å². The number of benzene rings is 1. The van der Waals surface area contributed by atoms with Crippen LogP contribution in [0.3, 0.4) is 0 Å². The number of imidazole rings is 1. The molecule has 0 atom stereocenters. The fourth-order valence-electron chi connectivity index (χ4n) is 2.79. The number of pyridine rings is 1. The van der Waals surface area contributed by atoms with Crippen LogP contribution in [0.5, 0.6) is 0 Å². The molecule has 0 saturated heterocycles. The highest BCUT2D eigenvalue weighted by atomic mass is 35.5. The first-order valence-corrected chi connectivity index (χ1v) is 8.56. The lowest BCUT2D eigenvalue weighted by atomic mass is 10.1. The standard InChI is InChI=1S/C18H12ClF6N3O/c1-2-12-15(28-8-9(17(20,21)22)3-6-14(28)26-12)16(29)27-13-5-4-10(19)7-11(13)18(23,24)25/h3-8H,2H2,1H3,(H,27,29). The highest BCUT2D eigenvalue weighted by molar-refractivity contribution is 6.30. The molecule has 0 saturated carbocycles. The number of carbonyl (C=O) groups excluding carboxylic acids is 1. The first-order valence-electron chi connectivity index (χ1n) is 8.18. The minimum absolute atomic E-state index is 0.0622. The topological polar surface area (TPSA) is 46.4 Å². The molecular weight excluding hydrogens is 424 g/mol. The zero-order valence-corrected chi connectivity index (χ0v) is 15.4. The van der Waals surface area contributed by atoms with Gasteiger partial charge in [0, 0.05) is 11.2 Å². The number of nitrogens with zero attached hydrogens (tertiary/aromatic N) is 2. The second-order valence-corrected chi connectivity index (χ2v) is 6.48. The summed E-state index contributed by atoms with van der Waals surface area (Å²) in [5, 5.41) is 1.93. The van der Waals surface area contributed by atoms with Gasteiger partial charge >= 0.3 is 12.4 Å². The Bertz CT molecular complexity index is 1090. The maximum absolute atomic E-state index is 13.3. The van der Waals surface area contributed by atoms with Crippen LogP contribution in [0.4, 0.5) is 32.0 Å². The van der Waals surface area contributed by atoms with Gasteiger partial charge in [-0.15, -0.1) is 0 Å². The number of hydrogen-bond donors (Lipinski definition) is 1. The molecule has 29 heavy (non-hydrogen) atoms. The number of anilines is 1. The molecule has 11 heteroatoms. The summed E-state index contributed by atoms with van der Waals surface area (Å²) in [6, 6.07) is 4.67. The molecule has 1 amide bonds. The monoisotopic (exact) mass is 435 g/mol. The number of amides is 1. The van der Waals surface area contributed by atoms with Crippen LogP contribution in [-0.4, -0.2) is 15.3 Å². The predicted molar refractivity (Wildman–Crippen MR) is 94.0 cm³/mol. The predicted octanol–water partition coefficient (Wildman–Crippen LogP) is 5.84. The van der Waals surface area contributed by atoms with E-state index in [1.54, 1.807) is 6.92 Å². The fraction of sp³-hybridized carbons (Fsp3) is 0.222. The Hall–Kier alpha value is -2.75. The van der Waals surface area contributed by atoms with Gasteiger partial charge in [0.15, 0.2) is 0 Å². The van der Waals surface area contributed by atoms with Gasteiger partial charge in [0.1, 0.15) is 11.3 Å². The molecule has 3 rings (SSSR count). The molecule has 0 radical (unpaired) electrons. The zero-order valence-electron chi connectivity index (χ0n) is 14.6. The average Bonchev–Trinajstić information content (AvgIpc) is 2.99. The summed E-state index contributed by atoms with van der Waals surface area (Å²) in [6.45, 7) is 1.62. The van der Waals surface area contributed by atoms with E-state index in [2.05, 4.69) is 10.3 Å². The minimum atomic E-state index is -4.80. The molecule has 1 N–H and O–H groups in total. The number of aromatic nitrogens is 2. The number of aryl methyl sites for hydroxylation is 1. The fourth-order valence-corrected chi connectivity index (χ4v) is 2.96. The second kappa shape index (κ2) is 7.25.